The number of carbonyl (C=O) groups is 1. The van der Waals surface area contributed by atoms with Crippen molar-refractivity contribution in [2.45, 2.75) is 32.2 Å². The molecule has 2 aromatic rings. The fourth-order valence-corrected chi connectivity index (χ4v) is 3.04. The van der Waals surface area contributed by atoms with E-state index >= 15 is 0 Å². The normalized spacial score (nSPS) is 18.3. The topological polar surface area (TPSA) is 71.1 Å². The second-order valence-electron chi connectivity index (χ2n) is 5.54. The van der Waals surface area contributed by atoms with Crippen LogP contribution in [0.5, 0.6) is 5.88 Å². The van der Waals surface area contributed by atoms with Crippen LogP contribution < -0.4 is 4.74 Å². The van der Waals surface area contributed by atoms with E-state index in [9.17, 15) is 4.79 Å². The molecule has 0 bridgehead atoms. The lowest BCUT2D eigenvalue weighted by molar-refractivity contribution is 0.0601. The molecule has 6 heteroatoms. The number of nitrogens with one attached hydrogen (secondary N) is 1. The van der Waals surface area contributed by atoms with E-state index in [1.807, 2.05) is 11.8 Å². The number of amides is 1. The molecule has 0 radical (unpaired) electrons. The Hall–Kier alpha value is -2.37. The Morgan fingerprint density at radius 3 is 3.05 bits per heavy atom. The molecule has 0 spiro atoms. The zero-order valence-electron chi connectivity index (χ0n) is 12.9. The van der Waals surface area contributed by atoms with Crippen LogP contribution in [0.25, 0.3) is 0 Å². The van der Waals surface area contributed by atoms with Gasteiger partial charge in [0, 0.05) is 12.7 Å². The minimum atomic E-state index is -0.0383. The van der Waals surface area contributed by atoms with Gasteiger partial charge in [0.05, 0.1) is 25.0 Å². The number of aromatic nitrogens is 3. The fraction of sp³-hybridized carbons (Fsp3) is 0.438. The Kier molecular flexibility index (Phi) is 4.09. The van der Waals surface area contributed by atoms with E-state index in [0.29, 0.717) is 11.4 Å². The van der Waals surface area contributed by atoms with Crippen molar-refractivity contribution in [2.24, 2.45) is 0 Å². The molecule has 3 heterocycles. The molecule has 0 aliphatic carbocycles. The molecule has 6 nitrogen and oxygen atoms in total. The van der Waals surface area contributed by atoms with Crippen LogP contribution in [-0.4, -0.2) is 39.6 Å². The van der Waals surface area contributed by atoms with Crippen LogP contribution in [0, 0.1) is 6.92 Å². The van der Waals surface area contributed by atoms with Gasteiger partial charge in [-0.25, -0.2) is 4.98 Å². The molecule has 0 aromatic carbocycles. The predicted molar refractivity (Wildman–Crippen MR) is 81.7 cm³/mol. The molecule has 1 unspecified atom stereocenters. The third-order valence-corrected chi connectivity index (χ3v) is 4.16. The first-order valence-electron chi connectivity index (χ1n) is 7.52. The highest BCUT2D eigenvalue weighted by atomic mass is 16.5. The van der Waals surface area contributed by atoms with Gasteiger partial charge in [-0.3, -0.25) is 9.89 Å². The molecule has 1 atom stereocenters. The van der Waals surface area contributed by atoms with Crippen molar-refractivity contribution in [1.29, 1.82) is 0 Å². The Balaban J connectivity index is 1.94. The van der Waals surface area contributed by atoms with Gasteiger partial charge >= 0.3 is 0 Å². The van der Waals surface area contributed by atoms with E-state index in [0.717, 1.165) is 37.1 Å². The monoisotopic (exact) mass is 300 g/mol. The van der Waals surface area contributed by atoms with Gasteiger partial charge in [-0.1, -0.05) is 0 Å². The third-order valence-electron chi connectivity index (χ3n) is 4.16. The van der Waals surface area contributed by atoms with Crippen molar-refractivity contribution in [1.82, 2.24) is 20.1 Å². The highest BCUT2D eigenvalue weighted by molar-refractivity contribution is 5.96. The molecule has 116 valence electrons. The highest BCUT2D eigenvalue weighted by Gasteiger charge is 2.32. The molecule has 1 saturated heterocycles. The number of hydrogen-bond acceptors (Lipinski definition) is 4. The largest absolute Gasteiger partial charge is 0.480 e. The zero-order valence-corrected chi connectivity index (χ0v) is 12.9. The van der Waals surface area contributed by atoms with Crippen LogP contribution in [0.3, 0.4) is 0 Å². The van der Waals surface area contributed by atoms with E-state index in [1.54, 1.807) is 24.5 Å². The summed E-state index contributed by atoms with van der Waals surface area (Å²) in [6, 6.07) is 3.56. The Labute approximate surface area is 129 Å². The number of carbonyl (C=O) groups excluding carboxylic acids is 1. The summed E-state index contributed by atoms with van der Waals surface area (Å²) in [5, 5.41) is 7.15. The SMILES string of the molecule is COc1ncccc1C(=O)N1CCCCC1c1[nH]ncc1C. The smallest absolute Gasteiger partial charge is 0.259 e. The summed E-state index contributed by atoms with van der Waals surface area (Å²) in [4.78, 5) is 19.0. The lowest BCUT2D eigenvalue weighted by atomic mass is 9.96. The summed E-state index contributed by atoms with van der Waals surface area (Å²) < 4.78 is 5.23. The quantitative estimate of drug-likeness (QED) is 0.945. The van der Waals surface area contributed by atoms with E-state index in [4.69, 9.17) is 4.74 Å². The number of aromatic amines is 1. The molecule has 22 heavy (non-hydrogen) atoms. The van der Waals surface area contributed by atoms with Gasteiger partial charge in [0.25, 0.3) is 5.91 Å². The number of hydrogen-bond donors (Lipinski definition) is 1. The third kappa shape index (κ3) is 2.56. The molecule has 1 aliphatic heterocycles. The van der Waals surface area contributed by atoms with Crippen LogP contribution in [0.4, 0.5) is 0 Å². The highest BCUT2D eigenvalue weighted by Crippen LogP contribution is 2.33. The first-order chi connectivity index (χ1) is 10.7. The van der Waals surface area contributed by atoms with Gasteiger partial charge in [-0.15, -0.1) is 0 Å². The van der Waals surface area contributed by atoms with Gasteiger partial charge in [-0.2, -0.15) is 5.10 Å². The van der Waals surface area contributed by atoms with Crippen LogP contribution in [-0.2, 0) is 0 Å². The summed E-state index contributed by atoms with van der Waals surface area (Å²) in [6.07, 6.45) is 6.49. The summed E-state index contributed by atoms with van der Waals surface area (Å²) in [5.41, 5.74) is 2.62. The number of piperidine rings is 1. The van der Waals surface area contributed by atoms with Crippen molar-refractivity contribution in [2.75, 3.05) is 13.7 Å². The van der Waals surface area contributed by atoms with Crippen molar-refractivity contribution < 1.29 is 9.53 Å². The number of ether oxygens (including phenoxy) is 1. The van der Waals surface area contributed by atoms with Crippen LogP contribution >= 0.6 is 0 Å². The minimum absolute atomic E-state index is 0.0358. The van der Waals surface area contributed by atoms with E-state index in [-0.39, 0.29) is 11.9 Å². The number of rotatable bonds is 3. The molecule has 1 fully saturated rings. The lowest BCUT2D eigenvalue weighted by Crippen LogP contribution is -2.39. The number of H-pyrrole nitrogens is 1. The molecular formula is C16H20N4O2. The Morgan fingerprint density at radius 2 is 2.32 bits per heavy atom. The van der Waals surface area contributed by atoms with E-state index < -0.39 is 0 Å². The van der Waals surface area contributed by atoms with Crippen molar-refractivity contribution in [3.63, 3.8) is 0 Å². The summed E-state index contributed by atoms with van der Waals surface area (Å²) >= 11 is 0. The summed E-state index contributed by atoms with van der Waals surface area (Å²) in [6.45, 7) is 2.75. The summed E-state index contributed by atoms with van der Waals surface area (Å²) in [5.74, 6) is 0.335. The van der Waals surface area contributed by atoms with Gasteiger partial charge < -0.3 is 9.64 Å². The lowest BCUT2D eigenvalue weighted by Gasteiger charge is -2.35. The second kappa shape index (κ2) is 6.17. The molecule has 1 N–H and O–H groups in total. The molecule has 1 aliphatic rings. The Bertz CT molecular complexity index is 668. The molecule has 2 aromatic heterocycles. The van der Waals surface area contributed by atoms with Crippen LogP contribution in [0.1, 0.15) is 46.9 Å². The zero-order chi connectivity index (χ0) is 15.5. The van der Waals surface area contributed by atoms with Gasteiger partial charge in [0.15, 0.2) is 0 Å². The number of nitrogens with zero attached hydrogens (tertiary/aromatic N) is 3. The van der Waals surface area contributed by atoms with Crippen molar-refractivity contribution in [3.8, 4) is 5.88 Å². The number of aryl methyl sites for hydroxylation is 1. The standard InChI is InChI=1S/C16H20N4O2/c1-11-10-18-19-14(11)13-7-3-4-9-20(13)16(21)12-6-5-8-17-15(12)22-2/h5-6,8,10,13H,3-4,7,9H2,1-2H3,(H,18,19). The fourth-order valence-electron chi connectivity index (χ4n) is 3.04. The summed E-state index contributed by atoms with van der Waals surface area (Å²) in [7, 11) is 1.53. The van der Waals surface area contributed by atoms with Gasteiger partial charge in [0.2, 0.25) is 5.88 Å². The van der Waals surface area contributed by atoms with Crippen LogP contribution in [0.15, 0.2) is 24.5 Å². The van der Waals surface area contributed by atoms with E-state index in [2.05, 4.69) is 15.2 Å². The average molecular weight is 300 g/mol. The van der Waals surface area contributed by atoms with Gasteiger partial charge in [0.1, 0.15) is 5.56 Å². The maximum Gasteiger partial charge on any atom is 0.259 e. The maximum absolute atomic E-state index is 13.0. The average Bonchev–Trinajstić information content (AvgIpc) is 3.00. The minimum Gasteiger partial charge on any atom is -0.480 e. The number of pyridine rings is 1. The Morgan fingerprint density at radius 1 is 1.45 bits per heavy atom. The molecule has 0 saturated carbocycles. The second-order valence-corrected chi connectivity index (χ2v) is 5.54. The number of likely N-dealkylation sites (tertiary alicyclic amines) is 1. The first kappa shape index (κ1) is 14.6. The molecule has 1 amide bonds. The molecule has 3 rings (SSSR count). The molecular weight excluding hydrogens is 280 g/mol. The van der Waals surface area contributed by atoms with Crippen LogP contribution in [0.2, 0.25) is 0 Å². The maximum atomic E-state index is 13.0. The van der Waals surface area contributed by atoms with Crippen molar-refractivity contribution >= 4 is 5.91 Å². The van der Waals surface area contributed by atoms with Gasteiger partial charge in [-0.05, 0) is 43.9 Å². The first-order valence-corrected chi connectivity index (χ1v) is 7.52. The van der Waals surface area contributed by atoms with Crippen molar-refractivity contribution in [3.05, 3.63) is 41.3 Å². The van der Waals surface area contributed by atoms with E-state index in [1.165, 1.54) is 7.11 Å². The number of methoxy groups -OCH3 is 1. The predicted octanol–water partition coefficient (Wildman–Crippen LogP) is 2.49.